The van der Waals surface area contributed by atoms with E-state index in [1.807, 2.05) is 6.07 Å². The molecule has 0 unspecified atom stereocenters. The SMILES string of the molecule is [2H]C([2H])([2H])Oc1ccc2cccc(C=O)c2c1. The van der Waals surface area contributed by atoms with E-state index in [4.69, 9.17) is 8.85 Å². The number of fused-ring (bicyclic) bond motifs is 1. The number of aldehydes is 1. The summed E-state index contributed by atoms with van der Waals surface area (Å²) < 4.78 is 25.8. The van der Waals surface area contributed by atoms with Crippen molar-refractivity contribution in [2.45, 2.75) is 0 Å². The Labute approximate surface area is 86.3 Å². The highest BCUT2D eigenvalue weighted by Gasteiger charge is 2.00. The first-order valence-corrected chi connectivity index (χ1v) is 4.16. The van der Waals surface area contributed by atoms with Gasteiger partial charge >= 0.3 is 0 Å². The van der Waals surface area contributed by atoms with Crippen LogP contribution in [0.15, 0.2) is 36.4 Å². The Morgan fingerprint density at radius 2 is 2.29 bits per heavy atom. The molecule has 0 spiro atoms. The third-order valence-electron chi connectivity index (χ3n) is 2.13. The molecule has 0 heterocycles. The molecule has 2 rings (SSSR count). The van der Waals surface area contributed by atoms with Crippen LogP contribution in [0.5, 0.6) is 5.75 Å². The van der Waals surface area contributed by atoms with Crippen molar-refractivity contribution in [3.05, 3.63) is 42.0 Å². The second-order valence-electron chi connectivity index (χ2n) is 2.95. The van der Waals surface area contributed by atoms with Gasteiger partial charge in [-0.25, -0.2) is 0 Å². The maximum absolute atomic E-state index is 10.9. The fourth-order valence-electron chi connectivity index (χ4n) is 1.44. The van der Waals surface area contributed by atoms with E-state index in [2.05, 4.69) is 0 Å². The molecule has 0 amide bonds. The molecular formula is C12H10O2. The standard InChI is InChI=1S/C12H10O2/c1-14-11-6-5-9-3-2-4-10(8-13)12(9)7-11/h2-8H,1H3/i1D3. The maximum atomic E-state index is 10.9. The van der Waals surface area contributed by atoms with Crippen LogP contribution >= 0.6 is 0 Å². The van der Waals surface area contributed by atoms with E-state index in [1.165, 1.54) is 0 Å². The van der Waals surface area contributed by atoms with E-state index in [1.54, 1.807) is 30.3 Å². The molecule has 0 aromatic heterocycles. The van der Waals surface area contributed by atoms with Gasteiger partial charge in [-0.05, 0) is 22.9 Å². The summed E-state index contributed by atoms with van der Waals surface area (Å²) in [4.78, 5) is 10.9. The Balaban J connectivity index is 2.52. The van der Waals surface area contributed by atoms with Crippen molar-refractivity contribution in [1.29, 1.82) is 0 Å². The van der Waals surface area contributed by atoms with Gasteiger partial charge in [-0.15, -0.1) is 0 Å². The summed E-state index contributed by atoms with van der Waals surface area (Å²) in [5, 5.41) is 1.55. The molecule has 2 nitrogen and oxygen atoms in total. The molecule has 2 aromatic rings. The summed E-state index contributed by atoms with van der Waals surface area (Å²) in [5.74, 6) is 0.229. The Kier molecular flexibility index (Phi) is 1.45. The van der Waals surface area contributed by atoms with Gasteiger partial charge in [0, 0.05) is 5.56 Å². The topological polar surface area (TPSA) is 26.3 Å². The van der Waals surface area contributed by atoms with Gasteiger partial charge in [-0.2, -0.15) is 0 Å². The predicted molar refractivity (Wildman–Crippen MR) is 55.9 cm³/mol. The lowest BCUT2D eigenvalue weighted by Gasteiger charge is -2.03. The van der Waals surface area contributed by atoms with Crippen LogP contribution < -0.4 is 4.74 Å². The molecule has 0 N–H and O–H groups in total. The second-order valence-corrected chi connectivity index (χ2v) is 2.95. The van der Waals surface area contributed by atoms with Crippen LogP contribution in [0.4, 0.5) is 0 Å². The minimum Gasteiger partial charge on any atom is -0.497 e. The zero-order chi connectivity index (χ0) is 12.5. The van der Waals surface area contributed by atoms with Crippen molar-refractivity contribution in [1.82, 2.24) is 0 Å². The van der Waals surface area contributed by atoms with Crippen LogP contribution in [-0.2, 0) is 0 Å². The van der Waals surface area contributed by atoms with E-state index >= 15 is 0 Å². The summed E-state index contributed by atoms with van der Waals surface area (Å²) in [6.45, 7) is 0. The number of rotatable bonds is 2. The van der Waals surface area contributed by atoms with Crippen molar-refractivity contribution in [3.63, 3.8) is 0 Å². The fraction of sp³-hybridized carbons (Fsp3) is 0.0833. The normalized spacial score (nSPS) is 14.1. The summed E-state index contributed by atoms with van der Waals surface area (Å²) >= 11 is 0. The van der Waals surface area contributed by atoms with Crippen molar-refractivity contribution in [2.75, 3.05) is 7.04 Å². The average Bonchev–Trinajstić information content (AvgIpc) is 2.26. The number of ether oxygens (including phenoxy) is 1. The van der Waals surface area contributed by atoms with E-state index in [9.17, 15) is 4.79 Å². The van der Waals surface area contributed by atoms with Crippen molar-refractivity contribution >= 4 is 17.1 Å². The highest BCUT2D eigenvalue weighted by molar-refractivity contribution is 5.98. The van der Waals surface area contributed by atoms with Gasteiger partial charge in [-0.3, -0.25) is 4.79 Å². The molecule has 2 heteroatoms. The second kappa shape index (κ2) is 3.50. The predicted octanol–water partition coefficient (Wildman–Crippen LogP) is 2.66. The Morgan fingerprint density at radius 3 is 3.07 bits per heavy atom. The van der Waals surface area contributed by atoms with Crippen LogP contribution in [0.25, 0.3) is 10.8 Å². The van der Waals surface area contributed by atoms with Crippen LogP contribution in [0, 0.1) is 0 Å². The van der Waals surface area contributed by atoms with E-state index < -0.39 is 7.04 Å². The average molecular weight is 189 g/mol. The number of carbonyl (C=O) groups is 1. The maximum Gasteiger partial charge on any atom is 0.150 e. The van der Waals surface area contributed by atoms with E-state index in [-0.39, 0.29) is 5.75 Å². The smallest absolute Gasteiger partial charge is 0.150 e. The molecule has 0 radical (unpaired) electrons. The van der Waals surface area contributed by atoms with Crippen LogP contribution in [-0.4, -0.2) is 13.3 Å². The van der Waals surface area contributed by atoms with Gasteiger partial charge in [0.25, 0.3) is 0 Å². The number of carbonyl (C=O) groups excluding carboxylic acids is 1. The molecule has 70 valence electrons. The lowest BCUT2D eigenvalue weighted by Crippen LogP contribution is -1.86. The first-order chi connectivity index (χ1) is 7.99. The largest absolute Gasteiger partial charge is 0.497 e. The first kappa shape index (κ1) is 5.81. The van der Waals surface area contributed by atoms with Gasteiger partial charge in [0.05, 0.1) is 11.2 Å². The van der Waals surface area contributed by atoms with E-state index in [0.29, 0.717) is 10.9 Å². The molecule has 0 saturated carbocycles. The highest BCUT2D eigenvalue weighted by Crippen LogP contribution is 2.22. The number of benzene rings is 2. The zero-order valence-electron chi connectivity index (χ0n) is 10.4. The highest BCUT2D eigenvalue weighted by atomic mass is 16.5. The van der Waals surface area contributed by atoms with Crippen LogP contribution in [0.2, 0.25) is 0 Å². The minimum atomic E-state index is -2.48. The third-order valence-corrected chi connectivity index (χ3v) is 2.13. The molecule has 0 atom stereocenters. The van der Waals surface area contributed by atoms with Gasteiger partial charge in [0.2, 0.25) is 0 Å². The minimum absolute atomic E-state index is 0.229. The monoisotopic (exact) mass is 189 g/mol. The first-order valence-electron chi connectivity index (χ1n) is 5.66. The van der Waals surface area contributed by atoms with Crippen molar-refractivity contribution in [2.24, 2.45) is 0 Å². The van der Waals surface area contributed by atoms with Crippen molar-refractivity contribution in [3.8, 4) is 5.75 Å². The number of hydrogen-bond acceptors (Lipinski definition) is 2. The summed E-state index contributed by atoms with van der Waals surface area (Å²) in [5.41, 5.74) is 0.512. The number of methoxy groups -OCH3 is 1. The number of hydrogen-bond donors (Lipinski definition) is 0. The lowest BCUT2D eigenvalue weighted by molar-refractivity contribution is 0.112. The third kappa shape index (κ3) is 1.35. The summed E-state index contributed by atoms with van der Waals surface area (Å²) in [6, 6.07) is 10.2. The van der Waals surface area contributed by atoms with Gasteiger partial charge in [-0.1, -0.05) is 24.3 Å². The van der Waals surface area contributed by atoms with Crippen LogP contribution in [0.3, 0.4) is 0 Å². The van der Waals surface area contributed by atoms with Gasteiger partial charge < -0.3 is 4.74 Å². The van der Waals surface area contributed by atoms with E-state index in [0.717, 1.165) is 11.7 Å². The molecule has 0 fully saturated rings. The van der Waals surface area contributed by atoms with Crippen molar-refractivity contribution < 1.29 is 13.6 Å². The molecule has 0 aliphatic rings. The molecule has 0 saturated heterocycles. The van der Waals surface area contributed by atoms with Crippen LogP contribution in [0.1, 0.15) is 14.5 Å². The molecule has 0 aliphatic carbocycles. The Hall–Kier alpha value is -1.83. The Bertz CT molecular complexity index is 561. The fourth-order valence-corrected chi connectivity index (χ4v) is 1.44. The van der Waals surface area contributed by atoms with Gasteiger partial charge in [0.1, 0.15) is 5.75 Å². The molecule has 0 bridgehead atoms. The Morgan fingerprint density at radius 1 is 1.36 bits per heavy atom. The molecule has 2 aromatic carbocycles. The summed E-state index contributed by atoms with van der Waals surface area (Å²) in [7, 11) is -2.48. The molecule has 0 aliphatic heterocycles. The quantitative estimate of drug-likeness (QED) is 0.679. The van der Waals surface area contributed by atoms with Gasteiger partial charge in [0.15, 0.2) is 6.29 Å². The molecular weight excluding hydrogens is 176 g/mol. The summed E-state index contributed by atoms with van der Waals surface area (Å²) in [6.07, 6.45) is 0.738. The lowest BCUT2D eigenvalue weighted by atomic mass is 10.1. The molecule has 14 heavy (non-hydrogen) atoms. The zero-order valence-corrected chi connectivity index (χ0v) is 7.36.